The zero-order chi connectivity index (χ0) is 16.1. The van der Waals surface area contributed by atoms with Crippen LogP contribution in [0.15, 0.2) is 71.3 Å². The van der Waals surface area contributed by atoms with Crippen molar-refractivity contribution in [3.63, 3.8) is 0 Å². The van der Waals surface area contributed by atoms with Crippen LogP contribution in [0.5, 0.6) is 5.75 Å². The summed E-state index contributed by atoms with van der Waals surface area (Å²) in [5.41, 5.74) is 1.33. The molecular formula is C18H14ClNO3. The number of ether oxygens (including phenoxy) is 1. The summed E-state index contributed by atoms with van der Waals surface area (Å²) in [7, 11) is 0. The SMILES string of the molecule is O=C(Nc1ccc(Cl)cc1)c1occc1COc1ccccc1. The lowest BCUT2D eigenvalue weighted by Gasteiger charge is -2.07. The Morgan fingerprint density at radius 2 is 1.78 bits per heavy atom. The van der Waals surface area contributed by atoms with Gasteiger partial charge in [-0.3, -0.25) is 4.79 Å². The van der Waals surface area contributed by atoms with Gasteiger partial charge >= 0.3 is 0 Å². The summed E-state index contributed by atoms with van der Waals surface area (Å²) < 4.78 is 10.9. The van der Waals surface area contributed by atoms with Gasteiger partial charge < -0.3 is 14.5 Å². The van der Waals surface area contributed by atoms with Gasteiger partial charge in [0.2, 0.25) is 0 Å². The van der Waals surface area contributed by atoms with Gasteiger partial charge in [0.15, 0.2) is 5.76 Å². The number of amides is 1. The van der Waals surface area contributed by atoms with E-state index in [0.717, 1.165) is 5.75 Å². The number of benzene rings is 2. The highest BCUT2D eigenvalue weighted by Gasteiger charge is 2.16. The van der Waals surface area contributed by atoms with E-state index >= 15 is 0 Å². The van der Waals surface area contributed by atoms with Crippen molar-refractivity contribution in [1.29, 1.82) is 0 Å². The van der Waals surface area contributed by atoms with Crippen LogP contribution < -0.4 is 10.1 Å². The zero-order valence-corrected chi connectivity index (χ0v) is 12.9. The molecule has 0 aliphatic carbocycles. The van der Waals surface area contributed by atoms with E-state index < -0.39 is 0 Å². The Kier molecular flexibility index (Phi) is 4.64. The Morgan fingerprint density at radius 3 is 2.52 bits per heavy atom. The number of furan rings is 1. The molecule has 0 atom stereocenters. The van der Waals surface area contributed by atoms with Gasteiger partial charge in [-0.2, -0.15) is 0 Å². The predicted octanol–water partition coefficient (Wildman–Crippen LogP) is 4.76. The summed E-state index contributed by atoms with van der Waals surface area (Å²) in [6.07, 6.45) is 1.47. The Balaban J connectivity index is 1.67. The molecule has 1 heterocycles. The first kappa shape index (κ1) is 15.2. The lowest BCUT2D eigenvalue weighted by atomic mass is 10.2. The van der Waals surface area contributed by atoms with Gasteiger partial charge in [0, 0.05) is 16.3 Å². The minimum Gasteiger partial charge on any atom is -0.489 e. The third-order valence-corrected chi connectivity index (χ3v) is 3.44. The molecule has 1 N–H and O–H groups in total. The summed E-state index contributed by atoms with van der Waals surface area (Å²) in [6.45, 7) is 0.254. The van der Waals surface area contributed by atoms with Crippen LogP contribution in [-0.4, -0.2) is 5.91 Å². The molecule has 1 amide bonds. The average molecular weight is 328 g/mol. The molecule has 0 bridgehead atoms. The number of hydrogen-bond acceptors (Lipinski definition) is 3. The number of nitrogens with one attached hydrogen (secondary N) is 1. The van der Waals surface area contributed by atoms with Crippen molar-refractivity contribution in [3.8, 4) is 5.75 Å². The molecule has 2 aromatic carbocycles. The van der Waals surface area contributed by atoms with Crippen molar-refractivity contribution in [2.75, 3.05) is 5.32 Å². The van der Waals surface area contributed by atoms with E-state index in [1.807, 2.05) is 30.3 Å². The van der Waals surface area contributed by atoms with E-state index in [-0.39, 0.29) is 18.3 Å². The topological polar surface area (TPSA) is 51.5 Å². The third-order valence-electron chi connectivity index (χ3n) is 3.19. The molecule has 5 heteroatoms. The Bertz CT molecular complexity index is 782. The fourth-order valence-corrected chi connectivity index (χ4v) is 2.17. The van der Waals surface area contributed by atoms with Crippen LogP contribution in [-0.2, 0) is 6.61 Å². The van der Waals surface area contributed by atoms with Gasteiger partial charge in [-0.1, -0.05) is 29.8 Å². The quantitative estimate of drug-likeness (QED) is 0.734. The second-order valence-electron chi connectivity index (χ2n) is 4.84. The number of carbonyl (C=O) groups is 1. The van der Waals surface area contributed by atoms with Crippen molar-refractivity contribution in [2.45, 2.75) is 6.61 Å². The highest BCUT2D eigenvalue weighted by molar-refractivity contribution is 6.30. The lowest BCUT2D eigenvalue weighted by Crippen LogP contribution is -2.13. The van der Waals surface area contributed by atoms with Crippen molar-refractivity contribution in [1.82, 2.24) is 0 Å². The van der Waals surface area contributed by atoms with Crippen molar-refractivity contribution in [3.05, 3.63) is 83.3 Å². The summed E-state index contributed by atoms with van der Waals surface area (Å²) in [5, 5.41) is 3.37. The maximum absolute atomic E-state index is 12.3. The van der Waals surface area contributed by atoms with Crippen molar-refractivity contribution in [2.24, 2.45) is 0 Å². The Morgan fingerprint density at radius 1 is 1.04 bits per heavy atom. The highest BCUT2D eigenvalue weighted by Crippen LogP contribution is 2.18. The van der Waals surface area contributed by atoms with Crippen molar-refractivity contribution < 1.29 is 13.9 Å². The van der Waals surface area contributed by atoms with Crippen LogP contribution >= 0.6 is 11.6 Å². The van der Waals surface area contributed by atoms with Crippen LogP contribution in [0, 0.1) is 0 Å². The minimum absolute atomic E-state index is 0.232. The van der Waals surface area contributed by atoms with E-state index in [9.17, 15) is 4.79 Å². The van der Waals surface area contributed by atoms with E-state index in [1.165, 1.54) is 6.26 Å². The summed E-state index contributed by atoms with van der Waals surface area (Å²) in [5.74, 6) is 0.637. The molecule has 4 nitrogen and oxygen atoms in total. The van der Waals surface area contributed by atoms with Gasteiger partial charge in [0.1, 0.15) is 12.4 Å². The molecule has 0 aliphatic rings. The molecule has 0 unspecified atom stereocenters. The minimum atomic E-state index is -0.330. The van der Waals surface area contributed by atoms with Gasteiger partial charge in [-0.25, -0.2) is 0 Å². The molecular weight excluding hydrogens is 314 g/mol. The largest absolute Gasteiger partial charge is 0.489 e. The monoisotopic (exact) mass is 327 g/mol. The van der Waals surface area contributed by atoms with Crippen LogP contribution in [0.25, 0.3) is 0 Å². The molecule has 0 radical (unpaired) electrons. The molecule has 1 aromatic heterocycles. The molecule has 0 spiro atoms. The number of anilines is 1. The van der Waals surface area contributed by atoms with Gasteiger partial charge in [-0.15, -0.1) is 0 Å². The summed E-state index contributed by atoms with van der Waals surface area (Å²) in [6, 6.07) is 18.0. The summed E-state index contributed by atoms with van der Waals surface area (Å²) >= 11 is 5.82. The van der Waals surface area contributed by atoms with Crippen LogP contribution in [0.3, 0.4) is 0 Å². The molecule has 116 valence electrons. The number of para-hydroxylation sites is 1. The number of halogens is 1. The fraction of sp³-hybridized carbons (Fsp3) is 0.0556. The maximum Gasteiger partial charge on any atom is 0.291 e. The normalized spacial score (nSPS) is 10.3. The Labute approximate surface area is 138 Å². The highest BCUT2D eigenvalue weighted by atomic mass is 35.5. The first-order chi connectivity index (χ1) is 11.2. The smallest absolute Gasteiger partial charge is 0.291 e. The molecule has 0 saturated carbocycles. The standard InChI is InChI=1S/C18H14ClNO3/c19-14-6-8-15(9-7-14)20-18(21)17-13(10-11-22-17)12-23-16-4-2-1-3-5-16/h1-11H,12H2,(H,20,21). The van der Waals surface area contributed by atoms with Gasteiger partial charge in [-0.05, 0) is 42.5 Å². The van der Waals surface area contributed by atoms with E-state index in [0.29, 0.717) is 16.3 Å². The number of carbonyl (C=O) groups excluding carboxylic acids is 1. The van der Waals surface area contributed by atoms with Crippen LogP contribution in [0.2, 0.25) is 5.02 Å². The van der Waals surface area contributed by atoms with Gasteiger partial charge in [0.05, 0.1) is 6.26 Å². The van der Waals surface area contributed by atoms with Crippen LogP contribution in [0.4, 0.5) is 5.69 Å². The van der Waals surface area contributed by atoms with Crippen molar-refractivity contribution >= 4 is 23.2 Å². The third kappa shape index (κ3) is 3.93. The van der Waals surface area contributed by atoms with Crippen LogP contribution in [0.1, 0.15) is 16.1 Å². The molecule has 0 aliphatic heterocycles. The van der Waals surface area contributed by atoms with Gasteiger partial charge in [0.25, 0.3) is 5.91 Å². The zero-order valence-electron chi connectivity index (χ0n) is 12.2. The van der Waals surface area contributed by atoms with E-state index in [1.54, 1.807) is 30.3 Å². The molecule has 3 aromatic rings. The average Bonchev–Trinajstić information content (AvgIpc) is 3.05. The predicted molar refractivity (Wildman–Crippen MR) is 88.9 cm³/mol. The first-order valence-corrected chi connectivity index (χ1v) is 7.41. The molecule has 0 fully saturated rings. The summed E-state index contributed by atoms with van der Waals surface area (Å²) in [4.78, 5) is 12.3. The maximum atomic E-state index is 12.3. The second-order valence-corrected chi connectivity index (χ2v) is 5.27. The number of rotatable bonds is 5. The molecule has 23 heavy (non-hydrogen) atoms. The number of hydrogen-bond donors (Lipinski definition) is 1. The van der Waals surface area contributed by atoms with E-state index in [2.05, 4.69) is 5.32 Å². The fourth-order valence-electron chi connectivity index (χ4n) is 2.05. The second kappa shape index (κ2) is 7.03. The lowest BCUT2D eigenvalue weighted by molar-refractivity contribution is 0.0993. The van der Waals surface area contributed by atoms with E-state index in [4.69, 9.17) is 20.8 Å². The Hall–Kier alpha value is -2.72. The molecule has 3 rings (SSSR count). The first-order valence-electron chi connectivity index (χ1n) is 7.03. The molecule has 0 saturated heterocycles.